The summed E-state index contributed by atoms with van der Waals surface area (Å²) in [6.07, 6.45) is 1.50. The summed E-state index contributed by atoms with van der Waals surface area (Å²) in [4.78, 5) is 0.0899. The maximum Gasteiger partial charge on any atom is 0.264 e. The highest BCUT2D eigenvalue weighted by Gasteiger charge is 2.37. The van der Waals surface area contributed by atoms with Gasteiger partial charge in [0.1, 0.15) is 12.1 Å². The van der Waals surface area contributed by atoms with Crippen molar-refractivity contribution in [1.29, 1.82) is 0 Å². The number of hydrogen-bond acceptors (Lipinski definition) is 5. The van der Waals surface area contributed by atoms with Gasteiger partial charge in [0.05, 0.1) is 22.2 Å². The number of hydrogen-bond donors (Lipinski definition) is 0. The Bertz CT molecular complexity index is 1160. The molecule has 3 rings (SSSR count). The summed E-state index contributed by atoms with van der Waals surface area (Å²) >= 11 is 6.08. The molecule has 0 aliphatic carbocycles. The summed E-state index contributed by atoms with van der Waals surface area (Å²) in [5, 5.41) is 7.94. The molecule has 31 heavy (non-hydrogen) atoms. The van der Waals surface area contributed by atoms with E-state index in [0.29, 0.717) is 24.5 Å². The monoisotopic (exact) mass is 466 g/mol. The average Bonchev–Trinajstić information content (AvgIpc) is 3.16. The Morgan fingerprint density at radius 1 is 1.19 bits per heavy atom. The van der Waals surface area contributed by atoms with E-state index in [4.69, 9.17) is 16.3 Å². The van der Waals surface area contributed by atoms with Crippen LogP contribution in [0.3, 0.4) is 0 Å². The molecule has 0 saturated carbocycles. The Morgan fingerprint density at radius 3 is 2.48 bits per heavy atom. The number of ether oxygens (including phenoxy) is 1. The fourth-order valence-corrected chi connectivity index (χ4v) is 5.26. The Hall–Kier alpha value is -2.49. The van der Waals surface area contributed by atoms with E-state index in [1.807, 2.05) is 0 Å². The zero-order chi connectivity index (χ0) is 22.8. The van der Waals surface area contributed by atoms with Crippen LogP contribution in [0.2, 0.25) is 5.02 Å². The van der Waals surface area contributed by atoms with Crippen molar-refractivity contribution in [2.45, 2.75) is 37.8 Å². The van der Waals surface area contributed by atoms with Gasteiger partial charge in [-0.25, -0.2) is 12.8 Å². The fourth-order valence-electron chi connectivity index (χ4n) is 3.25. The van der Waals surface area contributed by atoms with Gasteiger partial charge in [0, 0.05) is 30.8 Å². The normalized spacial score (nSPS) is 12.2. The van der Waals surface area contributed by atoms with Crippen LogP contribution in [-0.4, -0.2) is 42.4 Å². The van der Waals surface area contributed by atoms with E-state index in [0.717, 1.165) is 6.07 Å². The third-order valence-corrected chi connectivity index (χ3v) is 6.92. The predicted molar refractivity (Wildman–Crippen MR) is 118 cm³/mol. The molecule has 0 fully saturated rings. The van der Waals surface area contributed by atoms with Crippen molar-refractivity contribution >= 4 is 27.3 Å². The summed E-state index contributed by atoms with van der Waals surface area (Å²) in [6.45, 7) is 6.02. The molecule has 0 atom stereocenters. The Balaban J connectivity index is 2.29. The maximum absolute atomic E-state index is 14.6. The number of nitrogens with zero attached hydrogens (tertiary/aromatic N) is 4. The van der Waals surface area contributed by atoms with Crippen molar-refractivity contribution in [3.05, 3.63) is 59.6 Å². The first-order valence-electron chi connectivity index (χ1n) is 9.54. The maximum atomic E-state index is 14.6. The lowest BCUT2D eigenvalue weighted by Gasteiger charge is -2.37. The fraction of sp³-hybridized carbons (Fsp3) is 0.333. The number of halogens is 2. The van der Waals surface area contributed by atoms with E-state index < -0.39 is 21.4 Å². The molecule has 2 aromatic carbocycles. The molecule has 3 aromatic rings. The first kappa shape index (κ1) is 23.2. The minimum absolute atomic E-state index is 0.0899. The standard InChI is InChI=1S/C21H24ClFN4O3S/c1-21(2,3)27(31(28,29)15-8-6-5-7-9-15)19-13-18(23)17(22)12-16(19)20-25-24-14-26(20)10-11-30-4/h5-9,12-14H,10-11H2,1-4H3. The molecule has 0 amide bonds. The highest BCUT2D eigenvalue weighted by Crippen LogP contribution is 2.40. The molecule has 10 heteroatoms. The van der Waals surface area contributed by atoms with E-state index in [-0.39, 0.29) is 15.6 Å². The number of aromatic nitrogens is 3. The van der Waals surface area contributed by atoms with Crippen LogP contribution in [0.1, 0.15) is 20.8 Å². The van der Waals surface area contributed by atoms with Crippen LogP contribution in [0.25, 0.3) is 11.4 Å². The van der Waals surface area contributed by atoms with Crippen LogP contribution in [0.15, 0.2) is 53.7 Å². The van der Waals surface area contributed by atoms with Crippen LogP contribution in [0.5, 0.6) is 0 Å². The number of rotatable bonds is 7. The smallest absolute Gasteiger partial charge is 0.264 e. The Kier molecular flexibility index (Phi) is 6.68. The van der Waals surface area contributed by atoms with E-state index in [1.54, 1.807) is 50.6 Å². The third-order valence-electron chi connectivity index (χ3n) is 4.54. The summed E-state index contributed by atoms with van der Waals surface area (Å²) in [5.41, 5.74) is -0.472. The van der Waals surface area contributed by atoms with E-state index in [9.17, 15) is 12.8 Å². The van der Waals surface area contributed by atoms with Gasteiger partial charge in [0.25, 0.3) is 10.0 Å². The number of anilines is 1. The lowest BCUT2D eigenvalue weighted by molar-refractivity contribution is 0.187. The molecule has 0 unspecified atom stereocenters. The molecule has 0 saturated heterocycles. The van der Waals surface area contributed by atoms with Gasteiger partial charge in [-0.1, -0.05) is 29.8 Å². The molecule has 1 aromatic heterocycles. The minimum Gasteiger partial charge on any atom is -0.383 e. The first-order chi connectivity index (χ1) is 14.6. The molecule has 1 heterocycles. The van der Waals surface area contributed by atoms with Crippen molar-refractivity contribution in [2.75, 3.05) is 18.0 Å². The van der Waals surface area contributed by atoms with Gasteiger partial charge < -0.3 is 9.30 Å². The second-order valence-electron chi connectivity index (χ2n) is 7.88. The van der Waals surface area contributed by atoms with E-state index in [1.165, 1.54) is 28.8 Å². The van der Waals surface area contributed by atoms with Gasteiger partial charge in [-0.2, -0.15) is 0 Å². The van der Waals surface area contributed by atoms with Crippen molar-refractivity contribution in [2.24, 2.45) is 0 Å². The Labute approximate surface area is 186 Å². The number of sulfonamides is 1. The number of benzene rings is 2. The topological polar surface area (TPSA) is 77.3 Å². The third kappa shape index (κ3) is 4.73. The molecule has 7 nitrogen and oxygen atoms in total. The second kappa shape index (κ2) is 8.94. The summed E-state index contributed by atoms with van der Waals surface area (Å²) in [7, 11) is -2.48. The van der Waals surface area contributed by atoms with Crippen molar-refractivity contribution in [1.82, 2.24) is 14.8 Å². The lowest BCUT2D eigenvalue weighted by Crippen LogP contribution is -2.46. The summed E-state index contributed by atoms with van der Waals surface area (Å²) in [6, 6.07) is 10.5. The molecule has 0 aliphatic heterocycles. The largest absolute Gasteiger partial charge is 0.383 e. The van der Waals surface area contributed by atoms with Crippen molar-refractivity contribution < 1.29 is 17.5 Å². The van der Waals surface area contributed by atoms with Crippen molar-refractivity contribution in [3.63, 3.8) is 0 Å². The van der Waals surface area contributed by atoms with Gasteiger partial charge in [0.15, 0.2) is 5.82 Å². The highest BCUT2D eigenvalue weighted by molar-refractivity contribution is 7.93. The Morgan fingerprint density at radius 2 is 1.87 bits per heavy atom. The molecule has 0 radical (unpaired) electrons. The number of methoxy groups -OCH3 is 1. The predicted octanol–water partition coefficient (Wildman–Crippen LogP) is 4.38. The zero-order valence-corrected chi connectivity index (χ0v) is 19.3. The van der Waals surface area contributed by atoms with E-state index >= 15 is 0 Å². The summed E-state index contributed by atoms with van der Waals surface area (Å²) < 4.78 is 50.0. The molecule has 0 aliphatic rings. The van der Waals surface area contributed by atoms with Crippen LogP contribution in [0, 0.1) is 5.82 Å². The van der Waals surface area contributed by atoms with Gasteiger partial charge >= 0.3 is 0 Å². The summed E-state index contributed by atoms with van der Waals surface area (Å²) in [5.74, 6) is -0.382. The molecule has 0 spiro atoms. The zero-order valence-electron chi connectivity index (χ0n) is 17.7. The van der Waals surface area contributed by atoms with Crippen LogP contribution in [-0.2, 0) is 21.3 Å². The molecule has 0 N–H and O–H groups in total. The molecule has 166 valence electrons. The molecule has 0 bridgehead atoms. The van der Waals surface area contributed by atoms with Gasteiger partial charge in [-0.05, 0) is 39.0 Å². The van der Waals surface area contributed by atoms with E-state index in [2.05, 4.69) is 10.2 Å². The van der Waals surface area contributed by atoms with Gasteiger partial charge in [0.2, 0.25) is 0 Å². The van der Waals surface area contributed by atoms with Crippen LogP contribution in [0.4, 0.5) is 10.1 Å². The highest BCUT2D eigenvalue weighted by atomic mass is 35.5. The van der Waals surface area contributed by atoms with Gasteiger partial charge in [-0.15, -0.1) is 10.2 Å². The van der Waals surface area contributed by atoms with Crippen LogP contribution < -0.4 is 4.31 Å². The lowest BCUT2D eigenvalue weighted by atomic mass is 10.1. The quantitative estimate of drug-likeness (QED) is 0.516. The molecular formula is C21H24ClFN4O3S. The molecular weight excluding hydrogens is 443 g/mol. The minimum atomic E-state index is -4.04. The van der Waals surface area contributed by atoms with Crippen LogP contribution >= 0.6 is 11.6 Å². The SMILES string of the molecule is COCCn1cnnc1-c1cc(Cl)c(F)cc1N(C(C)(C)C)S(=O)(=O)c1ccccc1. The second-order valence-corrected chi connectivity index (χ2v) is 10.1. The van der Waals surface area contributed by atoms with Crippen molar-refractivity contribution in [3.8, 4) is 11.4 Å². The van der Waals surface area contributed by atoms with Gasteiger partial charge in [-0.3, -0.25) is 4.31 Å². The average molecular weight is 467 g/mol. The first-order valence-corrected chi connectivity index (χ1v) is 11.4.